The Morgan fingerprint density at radius 3 is 2.35 bits per heavy atom. The number of hydrogen-bond donors (Lipinski definition) is 0. The number of thioether (sulfide) groups is 1. The molecule has 0 fully saturated rings. The fourth-order valence-electron chi connectivity index (χ4n) is 2.25. The van der Waals surface area contributed by atoms with Crippen molar-refractivity contribution in [1.82, 2.24) is 0 Å². The van der Waals surface area contributed by atoms with E-state index in [1.165, 1.54) is 14.2 Å². The Hall–Kier alpha value is -1.17. The normalized spacial score (nSPS) is 16.6. The van der Waals surface area contributed by atoms with Gasteiger partial charge in [0.15, 0.2) is 0 Å². The van der Waals surface area contributed by atoms with Gasteiger partial charge in [0.05, 0.1) is 0 Å². The minimum absolute atomic E-state index is 0.374. The maximum absolute atomic E-state index is 12.4. The van der Waals surface area contributed by atoms with Crippen LogP contribution in [0.4, 0.5) is 0 Å². The summed E-state index contributed by atoms with van der Waals surface area (Å²) in [5.41, 5.74) is 0.763. The van der Waals surface area contributed by atoms with Gasteiger partial charge >= 0.3 is 0 Å². The van der Waals surface area contributed by atoms with Crippen LogP contribution in [0, 0.1) is 0 Å². The number of unbranched alkanes of at least 4 members (excludes halogenated alkanes) is 1. The monoisotopic (exact) mass is 294 g/mol. The number of carbonyl (C=O) groups excluding carboxylic acids is 2. The van der Waals surface area contributed by atoms with Crippen molar-refractivity contribution in [1.29, 1.82) is 0 Å². The Balaban J connectivity index is 2.32. The van der Waals surface area contributed by atoms with Gasteiger partial charge in [0, 0.05) is 30.2 Å². The Morgan fingerprint density at radius 1 is 1.10 bits per heavy atom. The van der Waals surface area contributed by atoms with E-state index in [2.05, 4.69) is 6.92 Å². The van der Waals surface area contributed by atoms with Crippen LogP contribution >= 0.6 is 11.8 Å². The first kappa shape index (κ1) is 15.2. The zero-order valence-electron chi connectivity index (χ0n) is 11.9. The maximum Gasteiger partial charge on any atom is 0.299 e. The summed E-state index contributed by atoms with van der Waals surface area (Å²) in [6.45, 7) is 2.14. The summed E-state index contributed by atoms with van der Waals surface area (Å²) in [4.78, 5) is 25.7. The lowest BCUT2D eigenvalue weighted by Crippen LogP contribution is -2.45. The second-order valence-electron chi connectivity index (χ2n) is 4.59. The van der Waals surface area contributed by atoms with Gasteiger partial charge in [0.2, 0.25) is 11.6 Å². The molecule has 4 nitrogen and oxygen atoms in total. The van der Waals surface area contributed by atoms with Gasteiger partial charge in [-0.15, -0.1) is 11.8 Å². The molecular formula is C15H18O4S. The zero-order valence-corrected chi connectivity index (χ0v) is 12.7. The van der Waals surface area contributed by atoms with Crippen LogP contribution < -0.4 is 0 Å². The second kappa shape index (κ2) is 6.08. The van der Waals surface area contributed by atoms with Crippen molar-refractivity contribution < 1.29 is 19.1 Å². The summed E-state index contributed by atoms with van der Waals surface area (Å²) in [6.07, 6.45) is 2.25. The molecule has 1 aliphatic carbocycles. The van der Waals surface area contributed by atoms with Crippen LogP contribution in [0.15, 0.2) is 23.1 Å². The predicted molar refractivity (Wildman–Crippen MR) is 77.5 cm³/mol. The molecule has 5 heteroatoms. The number of ketones is 2. The van der Waals surface area contributed by atoms with Gasteiger partial charge < -0.3 is 9.47 Å². The average Bonchev–Trinajstić information content (AvgIpc) is 2.68. The molecule has 1 aromatic carbocycles. The highest BCUT2D eigenvalue weighted by atomic mass is 32.2. The summed E-state index contributed by atoms with van der Waals surface area (Å²) in [5, 5.41) is 0. The van der Waals surface area contributed by atoms with E-state index >= 15 is 0 Å². The van der Waals surface area contributed by atoms with Crippen molar-refractivity contribution in [2.24, 2.45) is 0 Å². The van der Waals surface area contributed by atoms with Gasteiger partial charge in [-0.05, 0) is 30.4 Å². The largest absolute Gasteiger partial charge is 0.341 e. The third-order valence-electron chi connectivity index (χ3n) is 3.42. The van der Waals surface area contributed by atoms with Crippen LogP contribution in [-0.2, 0) is 9.47 Å². The number of benzene rings is 1. The van der Waals surface area contributed by atoms with E-state index in [1.807, 2.05) is 6.07 Å². The van der Waals surface area contributed by atoms with Gasteiger partial charge in [-0.25, -0.2) is 0 Å². The lowest BCUT2D eigenvalue weighted by Gasteiger charge is -2.21. The van der Waals surface area contributed by atoms with Crippen molar-refractivity contribution in [3.8, 4) is 0 Å². The van der Waals surface area contributed by atoms with Crippen molar-refractivity contribution in [3.05, 3.63) is 29.3 Å². The zero-order chi connectivity index (χ0) is 14.8. The van der Waals surface area contributed by atoms with E-state index < -0.39 is 17.4 Å². The Labute approximate surface area is 122 Å². The molecule has 2 rings (SSSR count). The summed E-state index contributed by atoms with van der Waals surface area (Å²) in [5.74, 6) is -1.64. The van der Waals surface area contributed by atoms with Gasteiger partial charge in [0.25, 0.3) is 5.79 Å². The molecule has 0 N–H and O–H groups in total. The number of methoxy groups -OCH3 is 2. The number of carbonyl (C=O) groups is 2. The predicted octanol–water partition coefficient (Wildman–Crippen LogP) is 2.95. The second-order valence-corrected chi connectivity index (χ2v) is 5.76. The molecule has 0 unspecified atom stereocenters. The fraction of sp³-hybridized carbons (Fsp3) is 0.467. The van der Waals surface area contributed by atoms with Crippen molar-refractivity contribution in [2.75, 3.05) is 20.0 Å². The molecule has 0 aromatic heterocycles. The molecule has 0 heterocycles. The number of rotatable bonds is 6. The van der Waals surface area contributed by atoms with E-state index in [-0.39, 0.29) is 0 Å². The lowest BCUT2D eigenvalue weighted by atomic mass is 10.1. The molecule has 20 heavy (non-hydrogen) atoms. The third kappa shape index (κ3) is 2.30. The van der Waals surface area contributed by atoms with E-state index in [0.29, 0.717) is 11.1 Å². The molecular weight excluding hydrogens is 276 g/mol. The van der Waals surface area contributed by atoms with Crippen LogP contribution in [0.2, 0.25) is 0 Å². The molecule has 0 saturated heterocycles. The van der Waals surface area contributed by atoms with E-state index in [0.717, 1.165) is 23.5 Å². The molecule has 0 saturated carbocycles. The minimum atomic E-state index is -1.80. The number of Topliss-reactive ketones (excluding diaryl/α,β-unsaturated/α-hetero) is 2. The first-order valence-electron chi connectivity index (χ1n) is 6.57. The number of hydrogen-bond acceptors (Lipinski definition) is 5. The maximum atomic E-state index is 12.4. The van der Waals surface area contributed by atoms with Gasteiger partial charge in [-0.1, -0.05) is 13.3 Å². The summed E-state index contributed by atoms with van der Waals surface area (Å²) >= 11 is 1.68. The number of fused-ring (bicyclic) bond motifs is 1. The van der Waals surface area contributed by atoms with Crippen LogP contribution in [0.5, 0.6) is 0 Å². The SMILES string of the molecule is CCCCSc1ccc2c(c1)C(=O)C(OC)(OC)C2=O. The average molecular weight is 294 g/mol. The molecule has 0 radical (unpaired) electrons. The van der Waals surface area contributed by atoms with Crippen LogP contribution in [-0.4, -0.2) is 37.3 Å². The highest BCUT2D eigenvalue weighted by Gasteiger charge is 2.54. The smallest absolute Gasteiger partial charge is 0.299 e. The third-order valence-corrected chi connectivity index (χ3v) is 4.50. The molecule has 0 aliphatic heterocycles. The van der Waals surface area contributed by atoms with Crippen LogP contribution in [0.3, 0.4) is 0 Å². The van der Waals surface area contributed by atoms with Crippen molar-refractivity contribution in [2.45, 2.75) is 30.4 Å². The van der Waals surface area contributed by atoms with Crippen molar-refractivity contribution >= 4 is 23.3 Å². The highest BCUT2D eigenvalue weighted by molar-refractivity contribution is 7.99. The van der Waals surface area contributed by atoms with Gasteiger partial charge in [-0.2, -0.15) is 0 Å². The van der Waals surface area contributed by atoms with Crippen LogP contribution in [0.25, 0.3) is 0 Å². The van der Waals surface area contributed by atoms with E-state index in [9.17, 15) is 9.59 Å². The molecule has 1 aliphatic rings. The van der Waals surface area contributed by atoms with Crippen LogP contribution in [0.1, 0.15) is 40.5 Å². The highest BCUT2D eigenvalue weighted by Crippen LogP contribution is 2.35. The summed E-state index contributed by atoms with van der Waals surface area (Å²) in [7, 11) is 2.62. The molecule has 0 atom stereocenters. The Morgan fingerprint density at radius 2 is 1.75 bits per heavy atom. The molecule has 108 valence electrons. The van der Waals surface area contributed by atoms with E-state index in [1.54, 1.807) is 23.9 Å². The van der Waals surface area contributed by atoms with Crippen molar-refractivity contribution in [3.63, 3.8) is 0 Å². The topological polar surface area (TPSA) is 52.6 Å². The molecule has 0 bridgehead atoms. The quantitative estimate of drug-likeness (QED) is 0.349. The molecule has 0 amide bonds. The van der Waals surface area contributed by atoms with Gasteiger partial charge in [0.1, 0.15) is 0 Å². The molecule has 0 spiro atoms. The minimum Gasteiger partial charge on any atom is -0.341 e. The molecule has 1 aromatic rings. The Kier molecular flexibility index (Phi) is 4.62. The standard InChI is InChI=1S/C15H18O4S/c1-4-5-8-20-10-6-7-11-12(9-10)14(17)15(18-2,19-3)13(11)16/h6-7,9H,4-5,8H2,1-3H3. The lowest BCUT2D eigenvalue weighted by molar-refractivity contribution is -0.133. The van der Waals surface area contributed by atoms with E-state index in [4.69, 9.17) is 9.47 Å². The summed E-state index contributed by atoms with van der Waals surface area (Å²) < 4.78 is 10.1. The first-order valence-corrected chi connectivity index (χ1v) is 7.56. The fourth-order valence-corrected chi connectivity index (χ4v) is 3.28. The van der Waals surface area contributed by atoms with Gasteiger partial charge in [-0.3, -0.25) is 9.59 Å². The first-order chi connectivity index (χ1) is 9.60. The number of ether oxygens (including phenoxy) is 2. The Bertz CT molecular complexity index is 535. The summed E-state index contributed by atoms with van der Waals surface area (Å²) in [6, 6.07) is 5.31.